The Hall–Kier alpha value is -1.54. The summed E-state index contributed by atoms with van der Waals surface area (Å²) in [5, 5.41) is -0.326. The van der Waals surface area contributed by atoms with Gasteiger partial charge < -0.3 is 4.90 Å². The molecule has 2 atom stereocenters. The SMILES string of the molecule is CN1C[C@H]2CCN(C(=O)CCc3cncnc3)CC[C@H]2S1(=O)=O. The summed E-state index contributed by atoms with van der Waals surface area (Å²) in [6.07, 6.45) is 7.23. The van der Waals surface area contributed by atoms with E-state index in [-0.39, 0.29) is 17.1 Å². The van der Waals surface area contributed by atoms with E-state index in [0.29, 0.717) is 38.9 Å². The van der Waals surface area contributed by atoms with Gasteiger partial charge in [0, 0.05) is 45.5 Å². The fourth-order valence-corrected chi connectivity index (χ4v) is 5.50. The van der Waals surface area contributed by atoms with Crippen molar-refractivity contribution in [2.75, 3.05) is 26.7 Å². The molecular weight excluding hydrogens is 316 g/mol. The minimum atomic E-state index is -3.17. The number of hydrogen-bond acceptors (Lipinski definition) is 5. The molecule has 0 bridgehead atoms. The van der Waals surface area contributed by atoms with Crippen LogP contribution in [0.15, 0.2) is 18.7 Å². The zero-order valence-corrected chi connectivity index (χ0v) is 14.1. The van der Waals surface area contributed by atoms with Gasteiger partial charge in [-0.15, -0.1) is 0 Å². The van der Waals surface area contributed by atoms with Crippen molar-refractivity contribution >= 4 is 15.9 Å². The number of aryl methyl sites for hydroxylation is 1. The molecular formula is C15H22N4O3S. The first-order valence-electron chi connectivity index (χ1n) is 7.95. The van der Waals surface area contributed by atoms with E-state index in [4.69, 9.17) is 0 Å². The molecule has 0 N–H and O–H groups in total. The van der Waals surface area contributed by atoms with E-state index >= 15 is 0 Å². The summed E-state index contributed by atoms with van der Waals surface area (Å²) in [4.78, 5) is 22.1. The van der Waals surface area contributed by atoms with Gasteiger partial charge in [0.05, 0.1) is 5.25 Å². The summed E-state index contributed by atoms with van der Waals surface area (Å²) in [7, 11) is -1.53. The highest BCUT2D eigenvalue weighted by molar-refractivity contribution is 7.90. The molecule has 2 fully saturated rings. The molecule has 0 aliphatic carbocycles. The molecule has 1 aromatic rings. The Bertz CT molecular complexity index is 665. The molecule has 8 heteroatoms. The fraction of sp³-hybridized carbons (Fsp3) is 0.667. The second kappa shape index (κ2) is 6.52. The highest BCUT2D eigenvalue weighted by Crippen LogP contribution is 2.33. The van der Waals surface area contributed by atoms with Crippen molar-refractivity contribution in [1.29, 1.82) is 0 Å². The van der Waals surface area contributed by atoms with Gasteiger partial charge in [0.2, 0.25) is 15.9 Å². The first-order valence-corrected chi connectivity index (χ1v) is 9.45. The average molecular weight is 338 g/mol. The molecule has 3 rings (SSSR count). The van der Waals surface area contributed by atoms with Crippen LogP contribution in [-0.2, 0) is 21.2 Å². The van der Waals surface area contributed by atoms with Crippen LogP contribution in [0.4, 0.5) is 0 Å². The van der Waals surface area contributed by atoms with E-state index in [9.17, 15) is 13.2 Å². The largest absolute Gasteiger partial charge is 0.343 e. The number of amides is 1. The smallest absolute Gasteiger partial charge is 0.222 e. The van der Waals surface area contributed by atoms with E-state index in [0.717, 1.165) is 12.0 Å². The summed E-state index contributed by atoms with van der Waals surface area (Å²) in [5.41, 5.74) is 0.941. The second-order valence-corrected chi connectivity index (χ2v) is 8.59. The van der Waals surface area contributed by atoms with Gasteiger partial charge in [-0.1, -0.05) is 0 Å². The number of hydrogen-bond donors (Lipinski definition) is 0. The van der Waals surface area contributed by atoms with Crippen LogP contribution in [0.5, 0.6) is 0 Å². The van der Waals surface area contributed by atoms with Crippen molar-refractivity contribution in [1.82, 2.24) is 19.2 Å². The van der Waals surface area contributed by atoms with Crippen LogP contribution in [-0.4, -0.2) is 65.4 Å². The van der Waals surface area contributed by atoms with Crippen LogP contribution in [0.1, 0.15) is 24.8 Å². The normalized spacial score (nSPS) is 27.4. The van der Waals surface area contributed by atoms with Crippen molar-refractivity contribution in [3.8, 4) is 0 Å². The Morgan fingerprint density at radius 2 is 1.96 bits per heavy atom. The molecule has 0 radical (unpaired) electrons. The van der Waals surface area contributed by atoms with Gasteiger partial charge in [0.1, 0.15) is 6.33 Å². The van der Waals surface area contributed by atoms with Gasteiger partial charge in [-0.05, 0) is 30.7 Å². The number of carbonyl (C=O) groups excluding carboxylic acids is 1. The molecule has 7 nitrogen and oxygen atoms in total. The van der Waals surface area contributed by atoms with E-state index in [1.807, 2.05) is 4.90 Å². The predicted molar refractivity (Wildman–Crippen MR) is 85.0 cm³/mol. The molecule has 126 valence electrons. The van der Waals surface area contributed by atoms with E-state index in [2.05, 4.69) is 9.97 Å². The van der Waals surface area contributed by atoms with Gasteiger partial charge in [0.25, 0.3) is 0 Å². The molecule has 0 spiro atoms. The standard InChI is InChI=1S/C15H22N4O3S/c1-18-10-13-4-6-19(7-5-14(13)23(18,21)22)15(20)3-2-12-8-16-11-17-9-12/h8-9,11,13-14H,2-7,10H2,1H3/t13-,14-/m1/s1. The number of aromatic nitrogens is 2. The molecule has 2 aliphatic heterocycles. The van der Waals surface area contributed by atoms with Crippen LogP contribution < -0.4 is 0 Å². The van der Waals surface area contributed by atoms with Crippen LogP contribution in [0, 0.1) is 5.92 Å². The minimum Gasteiger partial charge on any atom is -0.343 e. The minimum absolute atomic E-state index is 0.0829. The van der Waals surface area contributed by atoms with Gasteiger partial charge in [-0.3, -0.25) is 4.79 Å². The molecule has 3 heterocycles. The first kappa shape index (κ1) is 16.3. The first-order chi connectivity index (χ1) is 11.0. The Morgan fingerprint density at radius 3 is 2.70 bits per heavy atom. The van der Waals surface area contributed by atoms with Gasteiger partial charge in [-0.2, -0.15) is 0 Å². The second-order valence-electron chi connectivity index (χ2n) is 6.33. The van der Waals surface area contributed by atoms with E-state index < -0.39 is 10.0 Å². The lowest BCUT2D eigenvalue weighted by atomic mass is 10.0. The number of rotatable bonds is 3. The van der Waals surface area contributed by atoms with Crippen molar-refractivity contribution in [2.24, 2.45) is 5.92 Å². The highest BCUT2D eigenvalue weighted by Gasteiger charge is 2.45. The van der Waals surface area contributed by atoms with Crippen LogP contribution >= 0.6 is 0 Å². The summed E-state index contributed by atoms with van der Waals surface area (Å²) in [5.74, 6) is 0.227. The molecule has 2 aliphatic rings. The third kappa shape index (κ3) is 3.37. The molecule has 2 saturated heterocycles. The number of sulfonamides is 1. The summed E-state index contributed by atoms with van der Waals surface area (Å²) in [6, 6.07) is 0. The topological polar surface area (TPSA) is 83.5 Å². The highest BCUT2D eigenvalue weighted by atomic mass is 32.2. The van der Waals surface area contributed by atoms with Crippen molar-refractivity contribution in [3.05, 3.63) is 24.3 Å². The predicted octanol–water partition coefficient (Wildman–Crippen LogP) is 0.292. The maximum absolute atomic E-state index is 12.4. The van der Waals surface area contributed by atoms with Gasteiger partial charge in [-0.25, -0.2) is 22.7 Å². The molecule has 1 amide bonds. The lowest BCUT2D eigenvalue weighted by Crippen LogP contribution is -2.34. The van der Waals surface area contributed by atoms with E-state index in [1.165, 1.54) is 10.6 Å². The maximum atomic E-state index is 12.4. The summed E-state index contributed by atoms with van der Waals surface area (Å²) >= 11 is 0. The van der Waals surface area contributed by atoms with Crippen molar-refractivity contribution < 1.29 is 13.2 Å². The maximum Gasteiger partial charge on any atom is 0.222 e. The van der Waals surface area contributed by atoms with Crippen LogP contribution in [0.2, 0.25) is 0 Å². The monoisotopic (exact) mass is 338 g/mol. The van der Waals surface area contributed by atoms with Crippen molar-refractivity contribution in [2.45, 2.75) is 30.9 Å². The quantitative estimate of drug-likeness (QED) is 0.791. The average Bonchev–Trinajstić information content (AvgIpc) is 2.71. The number of carbonyl (C=O) groups is 1. The lowest BCUT2D eigenvalue weighted by molar-refractivity contribution is -0.131. The molecule has 23 heavy (non-hydrogen) atoms. The summed E-state index contributed by atoms with van der Waals surface area (Å²) < 4.78 is 26.0. The number of fused-ring (bicyclic) bond motifs is 1. The number of likely N-dealkylation sites (tertiary alicyclic amines) is 1. The Kier molecular flexibility index (Phi) is 4.63. The Labute approximate surface area is 136 Å². The zero-order chi connectivity index (χ0) is 16.4. The molecule has 1 aromatic heterocycles. The van der Waals surface area contributed by atoms with Gasteiger partial charge in [0.15, 0.2) is 0 Å². The third-order valence-corrected chi connectivity index (χ3v) is 7.29. The fourth-order valence-electron chi connectivity index (χ4n) is 3.52. The third-order valence-electron chi connectivity index (χ3n) is 4.88. The Morgan fingerprint density at radius 1 is 1.26 bits per heavy atom. The Balaban J connectivity index is 1.58. The zero-order valence-electron chi connectivity index (χ0n) is 13.3. The van der Waals surface area contributed by atoms with E-state index in [1.54, 1.807) is 19.4 Å². The molecule has 0 unspecified atom stereocenters. The molecule has 0 aromatic carbocycles. The lowest BCUT2D eigenvalue weighted by Gasteiger charge is -2.21. The summed E-state index contributed by atoms with van der Waals surface area (Å²) in [6.45, 7) is 1.75. The van der Waals surface area contributed by atoms with Crippen LogP contribution in [0.25, 0.3) is 0 Å². The van der Waals surface area contributed by atoms with Crippen molar-refractivity contribution in [3.63, 3.8) is 0 Å². The van der Waals surface area contributed by atoms with Crippen LogP contribution in [0.3, 0.4) is 0 Å². The van der Waals surface area contributed by atoms with Gasteiger partial charge >= 0.3 is 0 Å². The number of nitrogens with zero attached hydrogens (tertiary/aromatic N) is 4. The molecule has 0 saturated carbocycles.